The van der Waals surface area contributed by atoms with Crippen molar-refractivity contribution >= 4 is 12.4 Å². The number of benzene rings is 1. The number of fused-ring (bicyclic) bond motifs is 1. The van der Waals surface area contributed by atoms with Crippen molar-refractivity contribution in [2.45, 2.75) is 19.8 Å². The zero-order valence-corrected chi connectivity index (χ0v) is 9.18. The van der Waals surface area contributed by atoms with Crippen LogP contribution in [0.15, 0.2) is 30.3 Å². The van der Waals surface area contributed by atoms with Crippen LogP contribution in [0.4, 0.5) is 0 Å². The predicted molar refractivity (Wildman–Crippen MR) is 62.6 cm³/mol. The first kappa shape index (κ1) is 10.2. The molecule has 0 N–H and O–H groups in total. The van der Waals surface area contributed by atoms with Gasteiger partial charge in [-0.25, -0.2) is 0 Å². The van der Waals surface area contributed by atoms with E-state index in [9.17, 15) is 4.79 Å². The van der Waals surface area contributed by atoms with Crippen molar-refractivity contribution in [2.24, 2.45) is 11.8 Å². The highest BCUT2D eigenvalue weighted by molar-refractivity contribution is 5.71. The third kappa shape index (κ3) is 1.74. The van der Waals surface area contributed by atoms with Gasteiger partial charge in [-0.15, -0.1) is 0 Å². The second-order valence-corrected chi connectivity index (χ2v) is 4.47. The number of hydrogen-bond acceptors (Lipinski definition) is 1. The average Bonchev–Trinajstić information content (AvgIpc) is 2.27. The van der Waals surface area contributed by atoms with E-state index >= 15 is 0 Å². The second kappa shape index (κ2) is 4.01. The lowest BCUT2D eigenvalue weighted by Gasteiger charge is -2.28. The third-order valence-electron chi connectivity index (χ3n) is 3.18. The van der Waals surface area contributed by atoms with Crippen LogP contribution < -0.4 is 0 Å². The lowest BCUT2D eigenvalue weighted by molar-refractivity contribution is -0.110. The molecule has 0 saturated carbocycles. The van der Waals surface area contributed by atoms with Gasteiger partial charge in [0.25, 0.3) is 0 Å². The smallest absolute Gasteiger partial charge is 0.128 e. The summed E-state index contributed by atoms with van der Waals surface area (Å²) >= 11 is 0. The van der Waals surface area contributed by atoms with Gasteiger partial charge < -0.3 is 4.79 Å². The van der Waals surface area contributed by atoms with E-state index in [1.54, 1.807) is 0 Å². The quantitative estimate of drug-likeness (QED) is 0.670. The van der Waals surface area contributed by atoms with Crippen molar-refractivity contribution in [1.29, 1.82) is 0 Å². The molecule has 2 rings (SSSR count). The minimum Gasteiger partial charge on any atom is -0.303 e. The summed E-state index contributed by atoms with van der Waals surface area (Å²) < 4.78 is 0. The molecule has 1 aliphatic rings. The lowest BCUT2D eigenvalue weighted by Crippen LogP contribution is -2.21. The molecule has 0 amide bonds. The van der Waals surface area contributed by atoms with Gasteiger partial charge in [-0.3, -0.25) is 0 Å². The molecule has 1 aromatic rings. The Labute approximate surface area is 90.8 Å². The molecule has 1 heteroatoms. The number of rotatable bonds is 2. The van der Waals surface area contributed by atoms with Crippen LogP contribution in [0, 0.1) is 11.8 Å². The van der Waals surface area contributed by atoms with E-state index in [1.807, 2.05) is 12.1 Å². The van der Waals surface area contributed by atoms with Crippen LogP contribution in [0.25, 0.3) is 6.08 Å². The van der Waals surface area contributed by atoms with E-state index in [0.717, 1.165) is 6.29 Å². The monoisotopic (exact) mass is 200 g/mol. The maximum Gasteiger partial charge on any atom is 0.128 e. The van der Waals surface area contributed by atoms with Gasteiger partial charge in [-0.1, -0.05) is 50.3 Å². The molecule has 0 aliphatic heterocycles. The predicted octanol–water partition coefficient (Wildman–Crippen LogP) is 3.27. The van der Waals surface area contributed by atoms with Crippen molar-refractivity contribution in [3.8, 4) is 0 Å². The molecule has 0 unspecified atom stereocenters. The average molecular weight is 200 g/mol. The summed E-state index contributed by atoms with van der Waals surface area (Å²) in [5.41, 5.74) is 2.36. The van der Waals surface area contributed by atoms with Gasteiger partial charge in [0.1, 0.15) is 6.29 Å². The highest BCUT2D eigenvalue weighted by atomic mass is 16.1. The summed E-state index contributed by atoms with van der Waals surface area (Å²) in [5.74, 6) is 0.883. The normalized spacial score (nSPS) is 23.9. The zero-order chi connectivity index (χ0) is 10.8. The first-order valence-corrected chi connectivity index (χ1v) is 5.46. The third-order valence-corrected chi connectivity index (χ3v) is 3.18. The van der Waals surface area contributed by atoms with Gasteiger partial charge in [0.15, 0.2) is 0 Å². The first-order chi connectivity index (χ1) is 7.24. The van der Waals surface area contributed by atoms with Gasteiger partial charge in [0.05, 0.1) is 0 Å². The first-order valence-electron chi connectivity index (χ1n) is 5.46. The molecule has 15 heavy (non-hydrogen) atoms. The number of aldehydes is 1. The van der Waals surface area contributed by atoms with Crippen molar-refractivity contribution in [3.63, 3.8) is 0 Å². The van der Waals surface area contributed by atoms with E-state index in [1.165, 1.54) is 11.1 Å². The summed E-state index contributed by atoms with van der Waals surface area (Å²) in [6.45, 7) is 4.33. The van der Waals surface area contributed by atoms with E-state index < -0.39 is 0 Å². The topological polar surface area (TPSA) is 17.1 Å². The maximum atomic E-state index is 11.2. The Morgan fingerprint density at radius 1 is 1.27 bits per heavy atom. The molecule has 0 spiro atoms. The molecule has 0 radical (unpaired) electrons. The van der Waals surface area contributed by atoms with Gasteiger partial charge in [-0.2, -0.15) is 0 Å². The fourth-order valence-electron chi connectivity index (χ4n) is 2.31. The molecule has 1 nitrogen and oxygen atoms in total. The summed E-state index contributed by atoms with van der Waals surface area (Å²) in [7, 11) is 0. The standard InChI is InChI=1S/C14H16O/c1-10(2)12-8-7-11-5-3-4-6-13(11)14(12)9-15/h3-10,12,14H,1-2H3/t12-,14-/m1/s1. The van der Waals surface area contributed by atoms with Crippen LogP contribution in [-0.4, -0.2) is 6.29 Å². The Hall–Kier alpha value is -1.37. The van der Waals surface area contributed by atoms with Crippen LogP contribution in [-0.2, 0) is 4.79 Å². The van der Waals surface area contributed by atoms with Crippen molar-refractivity contribution in [2.75, 3.05) is 0 Å². The molecule has 2 atom stereocenters. The van der Waals surface area contributed by atoms with Crippen molar-refractivity contribution < 1.29 is 4.79 Å². The fraction of sp³-hybridized carbons (Fsp3) is 0.357. The lowest BCUT2D eigenvalue weighted by atomic mass is 9.75. The Bertz CT molecular complexity index is 390. The summed E-state index contributed by atoms with van der Waals surface area (Å²) in [4.78, 5) is 11.2. The van der Waals surface area contributed by atoms with Crippen molar-refractivity contribution in [1.82, 2.24) is 0 Å². The number of allylic oxidation sites excluding steroid dienone is 1. The maximum absolute atomic E-state index is 11.2. The molecule has 0 fully saturated rings. The van der Waals surface area contributed by atoms with Gasteiger partial charge in [0.2, 0.25) is 0 Å². The van der Waals surface area contributed by atoms with Crippen LogP contribution in [0.2, 0.25) is 0 Å². The number of carbonyl (C=O) groups excluding carboxylic acids is 1. The molecule has 1 aromatic carbocycles. The molecule has 0 saturated heterocycles. The Balaban J connectivity index is 2.46. The second-order valence-electron chi connectivity index (χ2n) is 4.47. The molecular formula is C14H16O. The highest BCUT2D eigenvalue weighted by Gasteiger charge is 2.27. The Kier molecular flexibility index (Phi) is 2.72. The fourth-order valence-corrected chi connectivity index (χ4v) is 2.31. The SMILES string of the molecule is CC(C)[C@H]1C=Cc2ccccc2[C@@H]1C=O. The van der Waals surface area contributed by atoms with Crippen molar-refractivity contribution in [3.05, 3.63) is 41.5 Å². The Morgan fingerprint density at radius 2 is 2.00 bits per heavy atom. The molecule has 1 aliphatic carbocycles. The van der Waals surface area contributed by atoms with E-state index in [2.05, 4.69) is 38.1 Å². The number of hydrogen-bond donors (Lipinski definition) is 0. The summed E-state index contributed by atoms with van der Waals surface area (Å²) in [5, 5.41) is 0. The van der Waals surface area contributed by atoms with Crippen LogP contribution in [0.1, 0.15) is 30.9 Å². The minimum absolute atomic E-state index is 0.0335. The van der Waals surface area contributed by atoms with Gasteiger partial charge in [-0.05, 0) is 23.0 Å². The van der Waals surface area contributed by atoms with E-state index in [-0.39, 0.29) is 5.92 Å². The largest absolute Gasteiger partial charge is 0.303 e. The van der Waals surface area contributed by atoms with Crippen LogP contribution in [0.5, 0.6) is 0 Å². The molecule has 0 bridgehead atoms. The summed E-state index contributed by atoms with van der Waals surface area (Å²) in [6, 6.07) is 8.15. The van der Waals surface area contributed by atoms with E-state index in [4.69, 9.17) is 0 Å². The summed E-state index contributed by atoms with van der Waals surface area (Å²) in [6.07, 6.45) is 5.40. The zero-order valence-electron chi connectivity index (χ0n) is 9.18. The molecule has 0 heterocycles. The van der Waals surface area contributed by atoms with Crippen LogP contribution in [0.3, 0.4) is 0 Å². The van der Waals surface area contributed by atoms with Crippen LogP contribution >= 0.6 is 0 Å². The molecular weight excluding hydrogens is 184 g/mol. The number of carbonyl (C=O) groups is 1. The highest BCUT2D eigenvalue weighted by Crippen LogP contribution is 2.36. The molecule has 78 valence electrons. The van der Waals surface area contributed by atoms with E-state index in [0.29, 0.717) is 11.8 Å². The minimum atomic E-state index is 0.0335. The van der Waals surface area contributed by atoms with Gasteiger partial charge >= 0.3 is 0 Å². The van der Waals surface area contributed by atoms with Gasteiger partial charge in [0, 0.05) is 5.92 Å². The molecule has 0 aromatic heterocycles. The Morgan fingerprint density at radius 3 is 2.67 bits per heavy atom.